The maximum Gasteiger partial charge on any atom is 0.416 e. The molecule has 248 valence electrons. The lowest BCUT2D eigenvalue weighted by atomic mass is 10.0. The molecule has 6 nitrogen and oxygen atoms in total. The van der Waals surface area contributed by atoms with Crippen LogP contribution in [0.3, 0.4) is 0 Å². The summed E-state index contributed by atoms with van der Waals surface area (Å²) in [5.41, 5.74) is -3.56. The Bertz CT molecular complexity index is 2250. The molecule has 0 radical (unpaired) electrons. The molecule has 4 aromatic rings. The minimum Gasteiger partial charge on any atom is -0.336 e. The summed E-state index contributed by atoms with van der Waals surface area (Å²) in [4.78, 5) is 33.4. The first kappa shape index (κ1) is 21.8. The largest absolute Gasteiger partial charge is 0.416 e. The van der Waals surface area contributed by atoms with E-state index in [9.17, 15) is 29.9 Å². The summed E-state index contributed by atoms with van der Waals surface area (Å²) >= 11 is 0.543. The zero-order valence-electron chi connectivity index (χ0n) is 37.3. The fraction of sp³-hybridized carbons (Fsp3) is 0.361. The number of hydrogen-bond donors (Lipinski definition) is 0. The van der Waals surface area contributed by atoms with Crippen molar-refractivity contribution in [3.63, 3.8) is 0 Å². The number of amides is 1. The maximum atomic E-state index is 14.9. The summed E-state index contributed by atoms with van der Waals surface area (Å²) < 4.78 is 160. The zero-order chi connectivity index (χ0) is 44.3. The predicted molar refractivity (Wildman–Crippen MR) is 177 cm³/mol. The summed E-state index contributed by atoms with van der Waals surface area (Å²) in [6.07, 6.45) is -15.1. The highest BCUT2D eigenvalue weighted by Gasteiger charge is 2.30. The second kappa shape index (κ2) is 15.3. The monoisotopic (exact) mass is 678 g/mol. The number of halogens is 4. The number of thioether (sulfide) groups is 1. The Labute approximate surface area is 293 Å². The van der Waals surface area contributed by atoms with E-state index >= 15 is 0 Å². The third-order valence-corrected chi connectivity index (χ3v) is 8.12. The second-order valence-corrected chi connectivity index (χ2v) is 11.2. The molecule has 0 fully saturated rings. The molecule has 11 heteroatoms. The van der Waals surface area contributed by atoms with Crippen molar-refractivity contribution < 1.29 is 38.8 Å². The number of hydrogen-bond acceptors (Lipinski definition) is 5. The fourth-order valence-electron chi connectivity index (χ4n) is 4.48. The Kier molecular flexibility index (Phi) is 7.10. The van der Waals surface area contributed by atoms with Crippen LogP contribution < -0.4 is 5.56 Å². The van der Waals surface area contributed by atoms with Gasteiger partial charge in [-0.05, 0) is 78.7 Å². The van der Waals surface area contributed by atoms with Crippen molar-refractivity contribution in [3.8, 4) is 11.1 Å². The highest BCUT2D eigenvalue weighted by atomic mass is 32.2. The Hall–Kier alpha value is -3.96. The van der Waals surface area contributed by atoms with E-state index in [4.69, 9.17) is 13.7 Å². The molecule has 0 saturated carbocycles. The van der Waals surface area contributed by atoms with E-state index in [1.54, 1.807) is 0 Å². The first-order valence-electron chi connectivity index (χ1n) is 20.5. The van der Waals surface area contributed by atoms with Crippen LogP contribution >= 0.6 is 11.8 Å². The first-order valence-corrected chi connectivity index (χ1v) is 15.5. The number of rotatable bonds is 13. The Morgan fingerprint density at radius 1 is 0.936 bits per heavy atom. The number of benzene rings is 3. The van der Waals surface area contributed by atoms with Crippen LogP contribution in [0.15, 0.2) is 82.7 Å². The van der Waals surface area contributed by atoms with E-state index in [1.165, 1.54) is 62.4 Å². The minimum absolute atomic E-state index is 0.0779. The van der Waals surface area contributed by atoms with Crippen molar-refractivity contribution in [2.45, 2.75) is 63.1 Å². The van der Waals surface area contributed by atoms with Gasteiger partial charge in [-0.1, -0.05) is 74.1 Å². The van der Waals surface area contributed by atoms with Crippen molar-refractivity contribution in [1.29, 1.82) is 0 Å². The molecule has 1 heterocycles. The van der Waals surface area contributed by atoms with Gasteiger partial charge in [-0.25, -0.2) is 4.39 Å². The molecular weight excluding hydrogens is 628 g/mol. The molecule has 0 bridgehead atoms. The van der Waals surface area contributed by atoms with Gasteiger partial charge in [0.2, 0.25) is 5.91 Å². The molecule has 0 saturated heterocycles. The van der Waals surface area contributed by atoms with Gasteiger partial charge >= 0.3 is 6.18 Å². The number of alkyl halides is 3. The van der Waals surface area contributed by atoms with Crippen molar-refractivity contribution in [2.24, 2.45) is 0 Å². The van der Waals surface area contributed by atoms with E-state index in [2.05, 4.69) is 4.98 Å². The zero-order valence-corrected chi connectivity index (χ0v) is 26.1. The molecule has 0 unspecified atom stereocenters. The maximum absolute atomic E-state index is 14.9. The van der Waals surface area contributed by atoms with Gasteiger partial charge in [0.05, 0.1) is 11.0 Å². The predicted octanol–water partition coefficient (Wildman–Crippen LogP) is 7.22. The number of carbonyl (C=O) groups is 1. The van der Waals surface area contributed by atoms with E-state index in [0.29, 0.717) is 28.5 Å². The summed E-state index contributed by atoms with van der Waals surface area (Å²) in [6, 6.07) is 14.7. The molecular formula is C36H38F4N4O2S. The molecule has 5 rings (SSSR count). The van der Waals surface area contributed by atoms with E-state index in [1.807, 2.05) is 0 Å². The summed E-state index contributed by atoms with van der Waals surface area (Å²) in [7, 11) is 0. The van der Waals surface area contributed by atoms with Gasteiger partial charge in [-0.3, -0.25) is 9.59 Å². The fourth-order valence-corrected chi connectivity index (χ4v) is 5.38. The average molecular weight is 679 g/mol. The number of nitrogens with zero attached hydrogens (tertiary/aromatic N) is 4. The minimum atomic E-state index is -4.58. The molecule has 1 aliphatic rings. The third kappa shape index (κ3) is 8.70. The van der Waals surface area contributed by atoms with E-state index in [0.717, 1.165) is 29.2 Å². The van der Waals surface area contributed by atoms with Crippen LogP contribution in [0.2, 0.25) is 0 Å². The topological polar surface area (TPSA) is 58.4 Å². The van der Waals surface area contributed by atoms with Crippen LogP contribution in [0.1, 0.15) is 64.6 Å². The number of fused-ring (bicyclic) bond motifs is 1. The van der Waals surface area contributed by atoms with Crippen LogP contribution in [0.4, 0.5) is 17.6 Å². The lowest BCUT2D eigenvalue weighted by Crippen LogP contribution is -2.40. The van der Waals surface area contributed by atoms with Crippen LogP contribution in [0, 0.1) is 5.82 Å². The van der Waals surface area contributed by atoms with Gasteiger partial charge in [0, 0.05) is 47.5 Å². The summed E-state index contributed by atoms with van der Waals surface area (Å²) in [6.45, 7) is -8.20. The Balaban J connectivity index is 1.69. The third-order valence-electron chi connectivity index (χ3n) is 7.11. The van der Waals surface area contributed by atoms with Gasteiger partial charge in [0.25, 0.3) is 5.56 Å². The smallest absolute Gasteiger partial charge is 0.336 e. The highest BCUT2D eigenvalue weighted by molar-refractivity contribution is 7.98. The molecule has 0 N–H and O–H groups in total. The number of likely N-dealkylation sites (N-methyl/N-ethyl adjacent to an activating group) is 1. The lowest BCUT2D eigenvalue weighted by Gasteiger charge is -2.28. The van der Waals surface area contributed by atoms with Crippen molar-refractivity contribution in [3.05, 3.63) is 117 Å². The first-order chi connectivity index (χ1) is 27.1. The Morgan fingerprint density at radius 2 is 1.55 bits per heavy atom. The normalized spacial score (nSPS) is 20.7. The summed E-state index contributed by atoms with van der Waals surface area (Å²) in [5.74, 6) is -2.66. The lowest BCUT2D eigenvalue weighted by molar-refractivity contribution is -0.137. The SMILES string of the molecule is [2H]C([2H])(C(=O)N(Cc1ccc(-c2ccc(C(F)(F)F)cc2)cc1)C([2H])([2H])C([2H])([2H])N(CC)CC)n1c(SCc2ccc(F)cc2)nc(=O)c2c1C([2H])([2H])C([2H])([2H])C2([2H])[2H]. The van der Waals surface area contributed by atoms with E-state index in [-0.39, 0.29) is 33.9 Å². The van der Waals surface area contributed by atoms with Gasteiger partial charge < -0.3 is 14.4 Å². The van der Waals surface area contributed by atoms with Crippen molar-refractivity contribution in [1.82, 2.24) is 19.4 Å². The second-order valence-electron chi connectivity index (χ2n) is 10.2. The molecule has 3 aromatic carbocycles. The quantitative estimate of drug-likeness (QED) is 0.0850. The van der Waals surface area contributed by atoms with Gasteiger partial charge in [0.1, 0.15) is 12.3 Å². The van der Waals surface area contributed by atoms with Crippen LogP contribution in [-0.2, 0) is 42.5 Å². The van der Waals surface area contributed by atoms with E-state index < -0.39 is 90.6 Å². The van der Waals surface area contributed by atoms with Gasteiger partial charge in [0.15, 0.2) is 5.16 Å². The van der Waals surface area contributed by atoms with Crippen LogP contribution in [0.25, 0.3) is 11.1 Å². The molecule has 0 aliphatic heterocycles. The average Bonchev–Trinajstić information content (AvgIpc) is 3.26. The molecule has 0 atom stereocenters. The molecule has 1 aliphatic carbocycles. The summed E-state index contributed by atoms with van der Waals surface area (Å²) in [5, 5.41) is -0.748. The standard InChI is InChI=1S/C36H38F4N4O2S/c1-3-42(4-2)20-21-43(22-25-8-12-27(13-9-25)28-14-16-29(17-15-28)36(38,39)40)33(45)23-44-32-7-5-6-31(32)34(46)41-35(44)47-24-26-10-18-30(37)19-11-26/h8-19H,3-7,20-24H2,1-2H3/i5D2,6D2,7D2,20D2,21D2,23D2. The molecule has 47 heavy (non-hydrogen) atoms. The molecule has 0 spiro atoms. The van der Waals surface area contributed by atoms with Crippen LogP contribution in [-0.4, -0.2) is 51.3 Å². The van der Waals surface area contributed by atoms with Crippen LogP contribution in [0.5, 0.6) is 0 Å². The van der Waals surface area contributed by atoms with Gasteiger partial charge in [-0.2, -0.15) is 18.2 Å². The Morgan fingerprint density at radius 3 is 2.17 bits per heavy atom. The number of aromatic nitrogens is 2. The molecule has 1 amide bonds. The van der Waals surface area contributed by atoms with Gasteiger partial charge in [-0.15, -0.1) is 0 Å². The highest BCUT2D eigenvalue weighted by Crippen LogP contribution is 2.31. The number of carbonyl (C=O) groups excluding carboxylic acids is 1. The van der Waals surface area contributed by atoms with Crippen molar-refractivity contribution >= 4 is 17.7 Å². The molecule has 1 aromatic heterocycles. The van der Waals surface area contributed by atoms with Crippen molar-refractivity contribution in [2.75, 3.05) is 26.1 Å².